The molecule has 510 valence electrons. The molecule has 1 aliphatic rings. The Bertz CT molecular complexity index is 7900. The van der Waals surface area contributed by atoms with E-state index in [0.29, 0.717) is 0 Å². The van der Waals surface area contributed by atoms with Crippen LogP contribution in [0.1, 0.15) is 25.0 Å². The fraction of sp³-hybridized carbons (Fsp3) is 0.0288. The van der Waals surface area contributed by atoms with E-state index in [-0.39, 0.29) is 5.41 Å². The molecular formula is C104H64N6. The summed E-state index contributed by atoms with van der Waals surface area (Å²) in [5, 5.41) is 25.8. The molecule has 110 heavy (non-hydrogen) atoms. The summed E-state index contributed by atoms with van der Waals surface area (Å²) in [6.07, 6.45) is 2.04. The zero-order valence-electron chi connectivity index (χ0n) is 60.2. The van der Waals surface area contributed by atoms with Crippen LogP contribution in [-0.4, -0.2) is 27.8 Å². The van der Waals surface area contributed by atoms with E-state index < -0.39 is 0 Å². The normalized spacial score (nSPS) is 13.1. The molecule has 0 aliphatic heterocycles. The first-order chi connectivity index (χ1) is 54.3. The average Bonchev–Trinajstić information content (AvgIpc) is 1.56. The van der Waals surface area contributed by atoms with Crippen molar-refractivity contribution in [2.75, 3.05) is 0 Å². The molecule has 6 heterocycles. The number of nitrogens with zero attached hydrogens (tertiary/aromatic N) is 6. The maximum Gasteiger partial charge on any atom is 0.137 e. The third kappa shape index (κ3) is 8.18. The lowest BCUT2D eigenvalue weighted by atomic mass is 9.81. The molecule has 6 nitrogen and oxygen atoms in total. The molecule has 0 spiro atoms. The van der Waals surface area contributed by atoms with Gasteiger partial charge >= 0.3 is 0 Å². The summed E-state index contributed by atoms with van der Waals surface area (Å²) in [6.45, 7) is 4.75. The summed E-state index contributed by atoms with van der Waals surface area (Å²) in [5.41, 5.74) is 26.9. The minimum absolute atomic E-state index is 0.159. The number of para-hydroxylation sites is 1. The van der Waals surface area contributed by atoms with E-state index in [1.165, 1.54) is 219 Å². The highest BCUT2D eigenvalue weighted by Gasteiger charge is 2.37. The molecule has 0 atom stereocenters. The second kappa shape index (κ2) is 21.9. The molecule has 0 saturated heterocycles. The van der Waals surface area contributed by atoms with Crippen LogP contribution in [0.4, 0.5) is 0 Å². The lowest BCUT2D eigenvalue weighted by Crippen LogP contribution is -2.15. The van der Waals surface area contributed by atoms with Gasteiger partial charge in [-0.15, -0.1) is 0 Å². The highest BCUT2D eigenvalue weighted by molar-refractivity contribution is 6.28. The molecule has 0 N–H and O–H groups in total. The van der Waals surface area contributed by atoms with Crippen molar-refractivity contribution in [3.8, 4) is 61.9 Å². The van der Waals surface area contributed by atoms with E-state index in [0.717, 1.165) is 17.1 Å². The molecule has 6 heteroatoms. The largest absolute Gasteiger partial charge is 0.309 e. The quantitative estimate of drug-likeness (QED) is 0.147. The summed E-state index contributed by atoms with van der Waals surface area (Å²) >= 11 is 0. The van der Waals surface area contributed by atoms with Gasteiger partial charge in [0, 0.05) is 93.8 Å². The first-order valence-electron chi connectivity index (χ1n) is 38.2. The Morgan fingerprint density at radius 2 is 0.536 bits per heavy atom. The summed E-state index contributed by atoms with van der Waals surface area (Å²) in [4.78, 5) is 5.09. The van der Waals surface area contributed by atoms with Crippen LogP contribution < -0.4 is 0 Å². The Balaban J connectivity index is 0.000000127. The van der Waals surface area contributed by atoms with Gasteiger partial charge in [-0.2, -0.15) is 0 Å². The van der Waals surface area contributed by atoms with E-state index in [1.807, 2.05) is 6.20 Å². The second-order valence-electron chi connectivity index (χ2n) is 31.0. The van der Waals surface area contributed by atoms with Crippen molar-refractivity contribution in [3.05, 3.63) is 363 Å². The Morgan fingerprint density at radius 1 is 0.209 bits per heavy atom. The molecule has 25 aromatic rings. The topological polar surface area (TPSA) is 37.5 Å². The number of rotatable bonds is 7. The van der Waals surface area contributed by atoms with Gasteiger partial charge in [0.2, 0.25) is 0 Å². The van der Waals surface area contributed by atoms with Gasteiger partial charge in [0.15, 0.2) is 0 Å². The van der Waals surface area contributed by atoms with Crippen molar-refractivity contribution in [1.82, 2.24) is 27.8 Å². The fourth-order valence-electron chi connectivity index (χ4n) is 20.0. The van der Waals surface area contributed by atoms with Gasteiger partial charge in [-0.1, -0.05) is 220 Å². The van der Waals surface area contributed by atoms with Crippen LogP contribution in [0.2, 0.25) is 0 Å². The average molecular weight is 1400 g/mol. The standard InChI is InChI=1S/C56H33N3.C48H31N3/c1-2-12-42(13-3-1)57-47-28-25-41(32-45(47)46-33-44(27-29-48(46)57)59-51-16-6-10-36-20-21-37-11-7-17-52(59)56(37)55(36)51)38-22-23-40-31-43(26-24-39(40)30-38)58-49-14-4-8-34-18-19-35-9-5-15-50(58)54(35)53(34)49;1-48(2)37-25-32(33-20-24-43(49-27-33)51-41-13-5-9-30-17-18-31-10-6-14-42(51)47(31)46(30)41)19-22-35(37)36-23-21-34(26-38(36)48)50-39-11-3-7-28-15-16-29-8-4-12-40(50)45(29)44(28)39/h1-33H;3-27H,1-2H3. The monoisotopic (exact) mass is 1400 g/mol. The molecule has 1 aliphatic carbocycles. The van der Waals surface area contributed by atoms with Crippen molar-refractivity contribution >= 4 is 163 Å². The smallest absolute Gasteiger partial charge is 0.137 e. The highest BCUT2D eigenvalue weighted by Crippen LogP contribution is 2.52. The first kappa shape index (κ1) is 59.9. The summed E-state index contributed by atoms with van der Waals surface area (Å²) in [5.74, 6) is 0.937. The maximum absolute atomic E-state index is 5.09. The van der Waals surface area contributed by atoms with Gasteiger partial charge < -0.3 is 18.3 Å². The minimum Gasteiger partial charge on any atom is -0.309 e. The molecule has 0 radical (unpaired) electrons. The zero-order valence-corrected chi connectivity index (χ0v) is 60.2. The molecular weight excluding hydrogens is 1330 g/mol. The SMILES string of the molecule is CC1(C)c2cc(-c3ccc(-n4c5cccc6ccc7cccc4c7c65)nc3)ccc2-c2ccc(-n3c4cccc5ccc6cccc3c6c54)cc21.c1ccc(-n2c3ccc(-c4ccc5cc(-n6c7cccc8ccc9cccc6c9c87)ccc5c4)cc3c3cc(-n4c5cccc6ccc7cccc4c7c65)ccc32)cc1. The van der Waals surface area contributed by atoms with Crippen molar-refractivity contribution in [1.29, 1.82) is 0 Å². The van der Waals surface area contributed by atoms with Crippen molar-refractivity contribution in [2.45, 2.75) is 19.3 Å². The van der Waals surface area contributed by atoms with Crippen molar-refractivity contribution in [2.24, 2.45) is 0 Å². The second-order valence-corrected chi connectivity index (χ2v) is 31.0. The fourth-order valence-corrected chi connectivity index (χ4v) is 20.0. The summed E-state index contributed by atoms with van der Waals surface area (Å²) in [7, 11) is 0. The van der Waals surface area contributed by atoms with E-state index in [2.05, 4.69) is 382 Å². The number of hydrogen-bond donors (Lipinski definition) is 0. The van der Waals surface area contributed by atoms with Gasteiger partial charge in [0.25, 0.3) is 0 Å². The number of aromatic nitrogens is 6. The van der Waals surface area contributed by atoms with E-state index >= 15 is 0 Å². The Morgan fingerprint density at radius 3 is 1.01 bits per heavy atom. The number of pyridine rings is 1. The first-order valence-corrected chi connectivity index (χ1v) is 38.2. The Kier molecular flexibility index (Phi) is 11.9. The predicted octanol–water partition coefficient (Wildman–Crippen LogP) is 27.4. The van der Waals surface area contributed by atoms with Crippen molar-refractivity contribution < 1.29 is 0 Å². The van der Waals surface area contributed by atoms with Gasteiger partial charge in [-0.25, -0.2) is 4.98 Å². The number of benzene rings is 19. The maximum atomic E-state index is 5.09. The van der Waals surface area contributed by atoms with Crippen LogP contribution in [-0.2, 0) is 5.41 Å². The Hall–Kier alpha value is -14.3. The molecule has 0 fully saturated rings. The lowest BCUT2D eigenvalue weighted by Gasteiger charge is -2.23. The van der Waals surface area contributed by atoms with Crippen LogP contribution in [0.3, 0.4) is 0 Å². The van der Waals surface area contributed by atoms with E-state index in [9.17, 15) is 0 Å². The highest BCUT2D eigenvalue weighted by atomic mass is 15.1. The van der Waals surface area contributed by atoms with Crippen LogP contribution in [0.25, 0.3) is 225 Å². The molecule has 0 unspecified atom stereocenters. The van der Waals surface area contributed by atoms with E-state index in [1.54, 1.807) is 0 Å². The van der Waals surface area contributed by atoms with Gasteiger partial charge in [-0.3, -0.25) is 4.57 Å². The zero-order chi connectivity index (χ0) is 71.9. The summed E-state index contributed by atoms with van der Waals surface area (Å²) in [6, 6.07) is 128. The predicted molar refractivity (Wildman–Crippen MR) is 463 cm³/mol. The molecule has 0 amide bonds. The van der Waals surface area contributed by atoms with Crippen molar-refractivity contribution in [3.63, 3.8) is 0 Å². The van der Waals surface area contributed by atoms with Gasteiger partial charge in [0.1, 0.15) is 5.82 Å². The number of fused-ring (bicyclic) bond motifs is 7. The minimum atomic E-state index is -0.159. The van der Waals surface area contributed by atoms with Gasteiger partial charge in [0.05, 0.1) is 55.2 Å². The molecule has 6 aromatic heterocycles. The summed E-state index contributed by atoms with van der Waals surface area (Å²) < 4.78 is 12.1. The Labute approximate surface area is 630 Å². The van der Waals surface area contributed by atoms with Crippen LogP contribution >= 0.6 is 0 Å². The molecule has 0 bridgehead atoms. The van der Waals surface area contributed by atoms with E-state index in [4.69, 9.17) is 4.98 Å². The van der Waals surface area contributed by atoms with Gasteiger partial charge in [-0.05, 0) is 232 Å². The number of hydrogen-bond acceptors (Lipinski definition) is 1. The van der Waals surface area contributed by atoms with Crippen LogP contribution in [0.5, 0.6) is 0 Å². The molecule has 0 saturated carbocycles. The lowest BCUT2D eigenvalue weighted by molar-refractivity contribution is 0.660. The van der Waals surface area contributed by atoms with Crippen LogP contribution in [0, 0.1) is 0 Å². The third-order valence-corrected chi connectivity index (χ3v) is 25.0. The van der Waals surface area contributed by atoms with Crippen LogP contribution in [0.15, 0.2) is 352 Å². The third-order valence-electron chi connectivity index (χ3n) is 25.0. The molecule has 26 rings (SSSR count). The molecule has 19 aromatic carbocycles.